The summed E-state index contributed by atoms with van der Waals surface area (Å²) in [6.07, 6.45) is 0. The highest BCUT2D eigenvalue weighted by Crippen LogP contribution is 2.20. The maximum Gasteiger partial charge on any atom is 0.358 e. The average Bonchev–Trinajstić information content (AvgIpc) is 3.12. The monoisotopic (exact) mass is 398 g/mol. The fourth-order valence-electron chi connectivity index (χ4n) is 2.85. The zero-order valence-electron chi connectivity index (χ0n) is 16.0. The SMILES string of the molecule is CCOC(=O)c1cc(C(=O)OCC)n(CC(=O)c2ccc3cccc(F)c3c2)n1. The molecule has 0 bridgehead atoms. The zero-order chi connectivity index (χ0) is 21.0. The molecule has 3 rings (SSSR count). The summed E-state index contributed by atoms with van der Waals surface area (Å²) < 4.78 is 25.0. The van der Waals surface area contributed by atoms with Gasteiger partial charge in [0, 0.05) is 17.0 Å². The molecule has 0 spiro atoms. The summed E-state index contributed by atoms with van der Waals surface area (Å²) in [7, 11) is 0. The predicted octanol–water partition coefficient (Wildman–Crippen LogP) is 3.41. The molecule has 2 aromatic carbocycles. The van der Waals surface area contributed by atoms with Gasteiger partial charge >= 0.3 is 11.9 Å². The van der Waals surface area contributed by atoms with Crippen LogP contribution in [0.3, 0.4) is 0 Å². The van der Waals surface area contributed by atoms with E-state index in [0.717, 1.165) is 4.68 Å². The molecule has 0 N–H and O–H groups in total. The first kappa shape index (κ1) is 20.2. The molecule has 0 aliphatic heterocycles. The molecule has 1 heterocycles. The predicted molar refractivity (Wildman–Crippen MR) is 102 cm³/mol. The second kappa shape index (κ2) is 8.64. The van der Waals surface area contributed by atoms with Crippen molar-refractivity contribution in [2.24, 2.45) is 0 Å². The lowest BCUT2D eigenvalue weighted by Gasteiger charge is -2.07. The Hall–Kier alpha value is -3.55. The Bertz CT molecular complexity index is 1090. The molecule has 0 radical (unpaired) electrons. The van der Waals surface area contributed by atoms with Crippen LogP contribution in [0.4, 0.5) is 4.39 Å². The lowest BCUT2D eigenvalue weighted by atomic mass is 10.0. The first-order valence-electron chi connectivity index (χ1n) is 9.08. The van der Waals surface area contributed by atoms with E-state index in [-0.39, 0.29) is 36.7 Å². The van der Waals surface area contributed by atoms with E-state index < -0.39 is 23.5 Å². The Morgan fingerprint density at radius 2 is 1.72 bits per heavy atom. The van der Waals surface area contributed by atoms with Crippen LogP contribution >= 0.6 is 0 Å². The van der Waals surface area contributed by atoms with Crippen LogP contribution in [0.5, 0.6) is 0 Å². The van der Waals surface area contributed by atoms with Gasteiger partial charge in [0.15, 0.2) is 11.5 Å². The van der Waals surface area contributed by atoms with Crippen LogP contribution < -0.4 is 0 Å². The standard InChI is InChI=1S/C21H19FN2O5/c1-3-28-20(26)17-11-18(21(27)29-4-2)24(23-17)12-19(25)14-9-8-13-6-5-7-16(22)15(13)10-14/h5-11H,3-4,12H2,1-2H3. The average molecular weight is 398 g/mol. The Kier molecular flexibility index (Phi) is 6.01. The maximum absolute atomic E-state index is 14.0. The summed E-state index contributed by atoms with van der Waals surface area (Å²) in [5.74, 6) is -2.27. The van der Waals surface area contributed by atoms with E-state index in [1.807, 2.05) is 0 Å². The van der Waals surface area contributed by atoms with Gasteiger partial charge in [0.1, 0.15) is 18.1 Å². The lowest BCUT2D eigenvalue weighted by molar-refractivity contribution is 0.0505. The molecule has 0 amide bonds. The number of fused-ring (bicyclic) bond motifs is 1. The second-order valence-corrected chi connectivity index (χ2v) is 6.11. The topological polar surface area (TPSA) is 87.5 Å². The van der Waals surface area contributed by atoms with Crippen molar-refractivity contribution in [1.29, 1.82) is 0 Å². The highest BCUT2D eigenvalue weighted by atomic mass is 19.1. The Morgan fingerprint density at radius 3 is 2.45 bits per heavy atom. The molecule has 1 aromatic heterocycles. The van der Waals surface area contributed by atoms with Crippen molar-refractivity contribution in [3.63, 3.8) is 0 Å². The van der Waals surface area contributed by atoms with Crippen molar-refractivity contribution in [2.75, 3.05) is 13.2 Å². The molecule has 0 saturated heterocycles. The number of hydrogen-bond acceptors (Lipinski definition) is 6. The van der Waals surface area contributed by atoms with Gasteiger partial charge in [-0.2, -0.15) is 5.10 Å². The number of aromatic nitrogens is 2. The number of Topliss-reactive ketones (excluding diaryl/α,β-unsaturated/α-hetero) is 1. The van der Waals surface area contributed by atoms with Crippen LogP contribution in [0.15, 0.2) is 42.5 Å². The number of ether oxygens (including phenoxy) is 2. The summed E-state index contributed by atoms with van der Waals surface area (Å²) in [6, 6.07) is 10.5. The van der Waals surface area contributed by atoms with Crippen LogP contribution in [0.1, 0.15) is 45.2 Å². The van der Waals surface area contributed by atoms with Crippen LogP contribution in [-0.2, 0) is 16.0 Å². The molecule has 7 nitrogen and oxygen atoms in total. The molecule has 29 heavy (non-hydrogen) atoms. The van der Waals surface area contributed by atoms with E-state index in [2.05, 4.69) is 5.10 Å². The van der Waals surface area contributed by atoms with Crippen molar-refractivity contribution in [2.45, 2.75) is 20.4 Å². The van der Waals surface area contributed by atoms with Crippen molar-refractivity contribution in [1.82, 2.24) is 9.78 Å². The summed E-state index contributed by atoms with van der Waals surface area (Å²) in [4.78, 5) is 36.9. The van der Waals surface area contributed by atoms with Gasteiger partial charge in [-0.3, -0.25) is 4.79 Å². The van der Waals surface area contributed by atoms with Crippen molar-refractivity contribution in [3.05, 3.63) is 65.2 Å². The van der Waals surface area contributed by atoms with Crippen molar-refractivity contribution >= 4 is 28.5 Å². The second-order valence-electron chi connectivity index (χ2n) is 6.11. The number of halogens is 1. The number of carbonyl (C=O) groups excluding carboxylic acids is 3. The van der Waals surface area contributed by atoms with Crippen LogP contribution in [0.25, 0.3) is 10.8 Å². The van der Waals surface area contributed by atoms with Gasteiger partial charge in [0.05, 0.1) is 13.2 Å². The summed E-state index contributed by atoms with van der Waals surface area (Å²) in [6.45, 7) is 3.22. The number of esters is 2. The molecule has 0 saturated carbocycles. The van der Waals surface area contributed by atoms with Gasteiger partial charge < -0.3 is 9.47 Å². The number of nitrogens with zero attached hydrogens (tertiary/aromatic N) is 2. The smallest absolute Gasteiger partial charge is 0.358 e. The van der Waals surface area contributed by atoms with Gasteiger partial charge in [-0.25, -0.2) is 18.7 Å². The lowest BCUT2D eigenvalue weighted by Crippen LogP contribution is -2.18. The summed E-state index contributed by atoms with van der Waals surface area (Å²) in [5, 5.41) is 5.00. The van der Waals surface area contributed by atoms with Gasteiger partial charge in [-0.05, 0) is 31.4 Å². The Balaban J connectivity index is 1.93. The van der Waals surface area contributed by atoms with Crippen LogP contribution in [-0.4, -0.2) is 40.7 Å². The van der Waals surface area contributed by atoms with E-state index in [9.17, 15) is 18.8 Å². The minimum absolute atomic E-state index is 0.0461. The number of carbonyl (C=O) groups is 3. The molecule has 0 aliphatic rings. The Morgan fingerprint density at radius 1 is 1.00 bits per heavy atom. The van der Waals surface area contributed by atoms with E-state index in [4.69, 9.17) is 9.47 Å². The molecule has 150 valence electrons. The maximum atomic E-state index is 14.0. The number of hydrogen-bond donors (Lipinski definition) is 0. The van der Waals surface area contributed by atoms with Gasteiger partial charge in [0.25, 0.3) is 0 Å². The third-order valence-corrected chi connectivity index (χ3v) is 4.19. The largest absolute Gasteiger partial charge is 0.461 e. The minimum atomic E-state index is -0.715. The molecule has 8 heteroatoms. The summed E-state index contributed by atoms with van der Waals surface area (Å²) >= 11 is 0. The Labute approximate surface area is 166 Å². The van der Waals surface area contributed by atoms with Crippen LogP contribution in [0, 0.1) is 5.82 Å². The zero-order valence-corrected chi connectivity index (χ0v) is 16.0. The first-order chi connectivity index (χ1) is 13.9. The van der Waals surface area contributed by atoms with E-state index in [0.29, 0.717) is 10.8 Å². The third kappa shape index (κ3) is 4.31. The third-order valence-electron chi connectivity index (χ3n) is 4.19. The minimum Gasteiger partial charge on any atom is -0.461 e. The molecule has 0 fully saturated rings. The van der Waals surface area contributed by atoms with Crippen molar-refractivity contribution < 1.29 is 28.2 Å². The molecule has 0 aliphatic carbocycles. The fraction of sp³-hybridized carbons (Fsp3) is 0.238. The van der Waals surface area contributed by atoms with E-state index in [1.165, 1.54) is 18.2 Å². The highest BCUT2D eigenvalue weighted by Gasteiger charge is 2.23. The molecular formula is C21H19FN2O5. The molecular weight excluding hydrogens is 379 g/mol. The van der Waals surface area contributed by atoms with Gasteiger partial charge in [-0.1, -0.05) is 24.3 Å². The fourth-order valence-corrected chi connectivity index (χ4v) is 2.85. The van der Waals surface area contributed by atoms with E-state index in [1.54, 1.807) is 38.1 Å². The number of ketones is 1. The quantitative estimate of drug-likeness (QED) is 0.448. The van der Waals surface area contributed by atoms with Crippen LogP contribution in [0.2, 0.25) is 0 Å². The van der Waals surface area contributed by atoms with Gasteiger partial charge in [0.2, 0.25) is 0 Å². The first-order valence-corrected chi connectivity index (χ1v) is 9.08. The number of benzene rings is 2. The molecule has 3 aromatic rings. The molecule has 0 atom stereocenters. The normalized spacial score (nSPS) is 10.7. The summed E-state index contributed by atoms with van der Waals surface area (Å²) in [5.41, 5.74) is 0.105. The highest BCUT2D eigenvalue weighted by molar-refractivity contribution is 6.00. The van der Waals surface area contributed by atoms with Gasteiger partial charge in [-0.15, -0.1) is 0 Å². The molecule has 0 unspecified atom stereocenters. The van der Waals surface area contributed by atoms with Crippen molar-refractivity contribution in [3.8, 4) is 0 Å². The van der Waals surface area contributed by atoms with E-state index >= 15 is 0 Å². The number of rotatable bonds is 7.